The van der Waals surface area contributed by atoms with Gasteiger partial charge in [0, 0.05) is 24.6 Å². The van der Waals surface area contributed by atoms with Crippen LogP contribution in [0, 0.1) is 0 Å². The molecule has 34 heavy (non-hydrogen) atoms. The van der Waals surface area contributed by atoms with Gasteiger partial charge in [0.15, 0.2) is 16.7 Å². The van der Waals surface area contributed by atoms with Crippen molar-refractivity contribution in [2.45, 2.75) is 38.0 Å². The molecule has 0 aliphatic carbocycles. The molecule has 0 saturated heterocycles. The number of nitrogens with zero attached hydrogens (tertiary/aromatic N) is 3. The average Bonchev–Trinajstić information content (AvgIpc) is 3.20. The minimum Gasteiger partial charge on any atom is -0.486 e. The highest BCUT2D eigenvalue weighted by Crippen LogP contribution is 2.36. The Bertz CT molecular complexity index is 1240. The van der Waals surface area contributed by atoms with E-state index >= 15 is 0 Å². The van der Waals surface area contributed by atoms with Crippen LogP contribution in [0.15, 0.2) is 53.8 Å². The van der Waals surface area contributed by atoms with Crippen LogP contribution in [0.1, 0.15) is 20.3 Å². The van der Waals surface area contributed by atoms with Crippen LogP contribution >= 0.6 is 11.8 Å². The largest absolute Gasteiger partial charge is 0.486 e. The van der Waals surface area contributed by atoms with Gasteiger partial charge in [0.25, 0.3) is 0 Å². The molecule has 8 nitrogen and oxygen atoms in total. The normalized spacial score (nSPS) is 17.1. The van der Waals surface area contributed by atoms with Gasteiger partial charge in [-0.2, -0.15) is 0 Å². The molecule has 176 valence electrons. The number of aromatic nitrogens is 2. The Balaban J connectivity index is 1.36. The lowest BCUT2D eigenvalue weighted by Gasteiger charge is -2.27. The Hall–Kier alpha value is -3.46. The van der Waals surface area contributed by atoms with E-state index in [1.807, 2.05) is 55.6 Å². The topological polar surface area (TPSA) is 85.7 Å². The van der Waals surface area contributed by atoms with Gasteiger partial charge in [-0.15, -0.1) is 0 Å². The summed E-state index contributed by atoms with van der Waals surface area (Å²) in [5.74, 6) is 1.54. The molecule has 1 atom stereocenters. The van der Waals surface area contributed by atoms with Crippen molar-refractivity contribution < 1.29 is 19.1 Å². The van der Waals surface area contributed by atoms with Gasteiger partial charge >= 0.3 is 0 Å². The quantitative estimate of drug-likeness (QED) is 0.554. The second-order valence-corrected chi connectivity index (χ2v) is 9.14. The van der Waals surface area contributed by atoms with E-state index < -0.39 is 0 Å². The summed E-state index contributed by atoms with van der Waals surface area (Å²) in [6, 6.07) is 13.1. The third-order valence-electron chi connectivity index (χ3n) is 5.93. The van der Waals surface area contributed by atoms with Crippen molar-refractivity contribution in [2.75, 3.05) is 29.2 Å². The number of hydrogen-bond donors (Lipinski definition) is 1. The van der Waals surface area contributed by atoms with E-state index in [-0.39, 0.29) is 30.0 Å². The minimum atomic E-state index is -0.240. The third-order valence-corrected chi connectivity index (χ3v) is 6.90. The zero-order valence-electron chi connectivity index (χ0n) is 19.1. The van der Waals surface area contributed by atoms with Gasteiger partial charge in [0.2, 0.25) is 11.8 Å². The Labute approximate surface area is 202 Å². The molecule has 0 unspecified atom stereocenters. The Morgan fingerprint density at radius 1 is 1.18 bits per heavy atom. The number of carbonyl (C=O) groups is 2. The number of hydrogen-bond acceptors (Lipinski definition) is 6. The fourth-order valence-electron chi connectivity index (χ4n) is 4.38. The van der Waals surface area contributed by atoms with Crippen LogP contribution in [0.2, 0.25) is 0 Å². The number of carbonyl (C=O) groups excluding carboxylic acids is 2. The second kappa shape index (κ2) is 9.42. The van der Waals surface area contributed by atoms with Crippen LogP contribution in [0.25, 0.3) is 11.3 Å². The van der Waals surface area contributed by atoms with Gasteiger partial charge in [0.1, 0.15) is 13.2 Å². The first-order chi connectivity index (χ1) is 16.5. The number of imidazole rings is 1. The van der Waals surface area contributed by atoms with Crippen LogP contribution < -0.4 is 19.7 Å². The molecule has 0 radical (unpaired) electrons. The molecule has 3 heterocycles. The van der Waals surface area contributed by atoms with Crippen LogP contribution in [-0.2, 0) is 16.1 Å². The van der Waals surface area contributed by atoms with Crippen molar-refractivity contribution in [3.05, 3.63) is 48.7 Å². The molecule has 0 spiro atoms. The maximum atomic E-state index is 13.3. The molecule has 5 rings (SSSR count). The van der Waals surface area contributed by atoms with Crippen molar-refractivity contribution >= 4 is 35.0 Å². The minimum absolute atomic E-state index is 0.0621. The molecular formula is C25H26N4O4S. The number of ether oxygens (including phenoxy) is 2. The van der Waals surface area contributed by atoms with E-state index in [4.69, 9.17) is 9.47 Å². The molecule has 2 aliphatic rings. The summed E-state index contributed by atoms with van der Waals surface area (Å²) in [5.41, 5.74) is 3.32. The number of benzene rings is 2. The van der Waals surface area contributed by atoms with E-state index in [1.165, 1.54) is 11.8 Å². The van der Waals surface area contributed by atoms with Gasteiger partial charge in [-0.25, -0.2) is 4.98 Å². The van der Waals surface area contributed by atoms with Crippen molar-refractivity contribution in [1.82, 2.24) is 9.55 Å². The van der Waals surface area contributed by atoms with E-state index in [2.05, 4.69) is 21.8 Å². The zero-order valence-corrected chi connectivity index (χ0v) is 19.9. The molecule has 2 aromatic carbocycles. The summed E-state index contributed by atoms with van der Waals surface area (Å²) in [4.78, 5) is 31.9. The molecule has 9 heteroatoms. The molecule has 1 aromatic heterocycles. The highest BCUT2D eigenvalue weighted by Gasteiger charge is 2.29. The zero-order chi connectivity index (χ0) is 23.7. The summed E-state index contributed by atoms with van der Waals surface area (Å²) in [6.45, 7) is 5.75. The van der Waals surface area contributed by atoms with Crippen LogP contribution in [0.4, 0.5) is 11.4 Å². The lowest BCUT2D eigenvalue weighted by Crippen LogP contribution is -2.40. The Morgan fingerprint density at radius 3 is 2.79 bits per heavy atom. The number of para-hydroxylation sites is 2. The Kier molecular flexibility index (Phi) is 6.19. The molecule has 0 saturated carbocycles. The van der Waals surface area contributed by atoms with Crippen molar-refractivity contribution in [2.24, 2.45) is 0 Å². The second-order valence-electron chi connectivity index (χ2n) is 8.20. The smallest absolute Gasteiger partial charge is 0.237 e. The molecule has 3 aromatic rings. The lowest BCUT2D eigenvalue weighted by molar-refractivity contribution is -0.117. The molecule has 0 bridgehead atoms. The maximum Gasteiger partial charge on any atom is 0.237 e. The lowest BCUT2D eigenvalue weighted by atomic mass is 10.1. The Morgan fingerprint density at radius 2 is 1.97 bits per heavy atom. The maximum absolute atomic E-state index is 13.3. The number of amides is 2. The average molecular weight is 479 g/mol. The monoisotopic (exact) mass is 478 g/mol. The molecule has 0 fully saturated rings. The fourth-order valence-corrected chi connectivity index (χ4v) is 5.28. The van der Waals surface area contributed by atoms with Crippen molar-refractivity contribution in [3.63, 3.8) is 0 Å². The van der Waals surface area contributed by atoms with Gasteiger partial charge in [-0.05, 0) is 44.2 Å². The van der Waals surface area contributed by atoms with Crippen LogP contribution in [0.5, 0.6) is 11.5 Å². The first kappa shape index (κ1) is 22.3. The van der Waals surface area contributed by atoms with Crippen LogP contribution in [0.3, 0.4) is 0 Å². The van der Waals surface area contributed by atoms with Gasteiger partial charge in [0.05, 0.1) is 29.0 Å². The van der Waals surface area contributed by atoms with Crippen molar-refractivity contribution in [1.29, 1.82) is 0 Å². The van der Waals surface area contributed by atoms with E-state index in [9.17, 15) is 9.59 Å². The molecular weight excluding hydrogens is 452 g/mol. The molecule has 2 amide bonds. The van der Waals surface area contributed by atoms with E-state index in [0.29, 0.717) is 25.4 Å². The van der Waals surface area contributed by atoms with Gasteiger partial charge < -0.3 is 24.3 Å². The number of fused-ring (bicyclic) bond motifs is 2. The number of anilines is 2. The third kappa shape index (κ3) is 4.23. The number of nitrogens with one attached hydrogen (secondary N) is 1. The SMILES string of the molecule is CCn1c(-c2ccc3c(c2)OCCO3)cnc1SCC(=O)N1c2ccccc2NC(=O)C[C@@H]1C. The summed E-state index contributed by atoms with van der Waals surface area (Å²) < 4.78 is 13.4. The van der Waals surface area contributed by atoms with Gasteiger partial charge in [-0.1, -0.05) is 23.9 Å². The molecule has 1 N–H and O–H groups in total. The fraction of sp³-hybridized carbons (Fsp3) is 0.320. The first-order valence-electron chi connectivity index (χ1n) is 11.3. The highest BCUT2D eigenvalue weighted by atomic mass is 32.2. The molecule has 2 aliphatic heterocycles. The van der Waals surface area contributed by atoms with Crippen molar-refractivity contribution in [3.8, 4) is 22.8 Å². The predicted molar refractivity (Wildman–Crippen MR) is 132 cm³/mol. The van der Waals surface area contributed by atoms with E-state index in [1.54, 1.807) is 4.90 Å². The van der Waals surface area contributed by atoms with E-state index in [0.717, 1.165) is 33.6 Å². The van der Waals surface area contributed by atoms with Crippen LogP contribution in [-0.4, -0.2) is 46.4 Å². The standard InChI is InChI=1S/C25H26N4O4S/c1-3-28-20(17-8-9-21-22(13-17)33-11-10-32-21)14-26-25(28)34-15-24(31)29-16(2)12-23(30)27-18-6-4-5-7-19(18)29/h4-9,13-14,16H,3,10-12,15H2,1-2H3,(H,27,30)/t16-/m0/s1. The van der Waals surface area contributed by atoms with Gasteiger partial charge in [-0.3, -0.25) is 9.59 Å². The first-order valence-corrected chi connectivity index (χ1v) is 12.3. The predicted octanol–water partition coefficient (Wildman–Crippen LogP) is 4.20. The summed E-state index contributed by atoms with van der Waals surface area (Å²) >= 11 is 1.40. The number of rotatable bonds is 5. The summed E-state index contributed by atoms with van der Waals surface area (Å²) in [5, 5.41) is 3.67. The summed E-state index contributed by atoms with van der Waals surface area (Å²) in [7, 11) is 0. The highest BCUT2D eigenvalue weighted by molar-refractivity contribution is 7.99. The summed E-state index contributed by atoms with van der Waals surface area (Å²) in [6.07, 6.45) is 2.08. The number of thioether (sulfide) groups is 1.